The maximum Gasteiger partial charge on any atom is 0.389 e. The molecule has 0 bridgehead atoms. The second-order valence-electron chi connectivity index (χ2n) is 8.56. The van der Waals surface area contributed by atoms with Gasteiger partial charge >= 0.3 is 6.18 Å². The number of alkyl halides is 3. The lowest BCUT2D eigenvalue weighted by atomic mass is 10.0. The third kappa shape index (κ3) is 9.11. The Morgan fingerprint density at radius 2 is 1.85 bits per heavy atom. The van der Waals surface area contributed by atoms with E-state index in [1.54, 1.807) is 0 Å². The van der Waals surface area contributed by atoms with Crippen molar-refractivity contribution in [1.82, 2.24) is 20.6 Å². The van der Waals surface area contributed by atoms with Crippen molar-refractivity contribution in [3.63, 3.8) is 0 Å². The standard InChI is InChI=1S/C24H23ClF4N4O5S/c1-12(34)2-3-17(20(36)32-16(4-5-24(27,28)29)19(35)23-30-6-7-39-23)33-21(37)18-11-31-22(38-18)13-8-14(25)10-15(26)9-13/h6-12,16-17,34H,2-5H2,1H3,(H,32,36)(H,33,37)/t12?,16-,17-/m0/s1. The Hall–Kier alpha value is -3.36. The van der Waals surface area contributed by atoms with E-state index in [1.165, 1.54) is 24.6 Å². The number of halogens is 5. The molecule has 0 saturated carbocycles. The highest BCUT2D eigenvalue weighted by Crippen LogP contribution is 2.25. The molecular formula is C24H23ClF4N4O5S. The van der Waals surface area contributed by atoms with Crippen LogP contribution >= 0.6 is 22.9 Å². The number of rotatable bonds is 12. The van der Waals surface area contributed by atoms with E-state index >= 15 is 0 Å². The largest absolute Gasteiger partial charge is 0.431 e. The minimum Gasteiger partial charge on any atom is -0.431 e. The second-order valence-corrected chi connectivity index (χ2v) is 9.89. The number of carbonyl (C=O) groups excluding carboxylic acids is 3. The fraction of sp³-hybridized carbons (Fsp3) is 0.375. The Morgan fingerprint density at radius 1 is 1.10 bits per heavy atom. The average molecular weight is 591 g/mol. The van der Waals surface area contributed by atoms with E-state index in [4.69, 9.17) is 16.0 Å². The lowest BCUT2D eigenvalue weighted by Gasteiger charge is -2.23. The molecule has 0 aliphatic heterocycles. The molecule has 3 aromatic rings. The topological polar surface area (TPSA) is 134 Å². The van der Waals surface area contributed by atoms with Gasteiger partial charge < -0.3 is 20.2 Å². The summed E-state index contributed by atoms with van der Waals surface area (Å²) in [6.45, 7) is 1.45. The van der Waals surface area contributed by atoms with Crippen molar-refractivity contribution in [3.8, 4) is 11.5 Å². The van der Waals surface area contributed by atoms with Gasteiger partial charge in [0.05, 0.1) is 18.3 Å². The number of Topliss-reactive ketones (excluding diaryl/α,β-unsaturated/α-hetero) is 1. The van der Waals surface area contributed by atoms with E-state index in [2.05, 4.69) is 20.6 Å². The fourth-order valence-electron chi connectivity index (χ4n) is 3.44. The number of benzene rings is 1. The van der Waals surface area contributed by atoms with Crippen molar-refractivity contribution in [1.29, 1.82) is 0 Å². The molecule has 0 saturated heterocycles. The molecule has 15 heteroatoms. The molecule has 210 valence electrons. The number of hydrogen-bond donors (Lipinski definition) is 3. The number of nitrogens with zero attached hydrogens (tertiary/aromatic N) is 2. The predicted molar refractivity (Wildman–Crippen MR) is 133 cm³/mol. The summed E-state index contributed by atoms with van der Waals surface area (Å²) < 4.78 is 57.7. The lowest BCUT2D eigenvalue weighted by molar-refractivity contribution is -0.137. The van der Waals surface area contributed by atoms with Gasteiger partial charge in [0.2, 0.25) is 23.3 Å². The summed E-state index contributed by atoms with van der Waals surface area (Å²) in [4.78, 5) is 46.4. The molecule has 0 fully saturated rings. The SMILES string of the molecule is CC(O)CC[C@H](NC(=O)c1cnc(-c2cc(F)cc(Cl)c2)o1)C(=O)N[C@@H](CCC(F)(F)F)C(=O)c1nccs1. The van der Waals surface area contributed by atoms with Crippen LogP contribution in [0, 0.1) is 5.82 Å². The molecule has 3 atom stereocenters. The predicted octanol–water partition coefficient (Wildman–Crippen LogP) is 4.56. The molecule has 3 rings (SSSR count). The molecule has 1 aromatic carbocycles. The van der Waals surface area contributed by atoms with Crippen LogP contribution in [0.3, 0.4) is 0 Å². The number of thiazole rings is 1. The number of nitrogens with one attached hydrogen (secondary N) is 2. The van der Waals surface area contributed by atoms with Crippen LogP contribution in [0.15, 0.2) is 40.4 Å². The van der Waals surface area contributed by atoms with Gasteiger partial charge in [0.1, 0.15) is 11.9 Å². The maximum atomic E-state index is 13.7. The minimum absolute atomic E-state index is 0.0372. The Balaban J connectivity index is 1.77. The van der Waals surface area contributed by atoms with E-state index in [0.29, 0.717) is 0 Å². The van der Waals surface area contributed by atoms with Crippen LogP contribution in [-0.2, 0) is 4.79 Å². The Morgan fingerprint density at radius 3 is 2.46 bits per heavy atom. The third-order valence-corrected chi connectivity index (χ3v) is 6.33. The first-order chi connectivity index (χ1) is 18.3. The molecule has 0 spiro atoms. The Kier molecular flexibility index (Phi) is 10.2. The molecule has 0 radical (unpaired) electrons. The molecule has 2 heterocycles. The van der Waals surface area contributed by atoms with E-state index in [9.17, 15) is 37.1 Å². The van der Waals surface area contributed by atoms with Gasteiger partial charge in [0.15, 0.2) is 5.01 Å². The van der Waals surface area contributed by atoms with E-state index in [-0.39, 0.29) is 40.1 Å². The molecule has 0 aliphatic carbocycles. The Labute approximate surface area is 228 Å². The van der Waals surface area contributed by atoms with E-state index in [0.717, 1.165) is 29.7 Å². The number of hydrogen-bond acceptors (Lipinski definition) is 8. The number of aliphatic hydroxyl groups excluding tert-OH is 1. The zero-order chi connectivity index (χ0) is 28.7. The molecule has 1 unspecified atom stereocenters. The van der Waals surface area contributed by atoms with Crippen molar-refractivity contribution in [2.24, 2.45) is 0 Å². The van der Waals surface area contributed by atoms with Crippen molar-refractivity contribution in [3.05, 3.63) is 57.6 Å². The highest BCUT2D eigenvalue weighted by Gasteiger charge is 2.34. The summed E-state index contributed by atoms with van der Waals surface area (Å²) in [5.74, 6) is -3.82. The fourth-order valence-corrected chi connectivity index (χ4v) is 4.29. The van der Waals surface area contributed by atoms with Gasteiger partial charge in [-0.25, -0.2) is 14.4 Å². The van der Waals surface area contributed by atoms with Crippen LogP contribution in [0.25, 0.3) is 11.5 Å². The summed E-state index contributed by atoms with van der Waals surface area (Å²) in [6.07, 6.45) is -5.28. The summed E-state index contributed by atoms with van der Waals surface area (Å²) in [7, 11) is 0. The number of aliphatic hydroxyl groups is 1. The average Bonchev–Trinajstić information content (AvgIpc) is 3.55. The number of ketones is 1. The number of amides is 2. The maximum absolute atomic E-state index is 13.7. The molecule has 9 nitrogen and oxygen atoms in total. The van der Waals surface area contributed by atoms with E-state index < -0.39 is 60.6 Å². The van der Waals surface area contributed by atoms with Crippen LogP contribution < -0.4 is 10.6 Å². The third-order valence-electron chi connectivity index (χ3n) is 5.33. The van der Waals surface area contributed by atoms with Gasteiger partial charge in [0, 0.05) is 28.6 Å². The lowest BCUT2D eigenvalue weighted by Crippen LogP contribution is -2.52. The number of aromatic nitrogens is 2. The Bertz CT molecular complexity index is 1280. The zero-order valence-corrected chi connectivity index (χ0v) is 21.9. The quantitative estimate of drug-likeness (QED) is 0.208. The van der Waals surface area contributed by atoms with Crippen molar-refractivity contribution in [2.75, 3.05) is 0 Å². The van der Waals surface area contributed by atoms with Crippen LogP contribution in [0.1, 0.15) is 53.0 Å². The van der Waals surface area contributed by atoms with Crippen LogP contribution in [-0.4, -0.2) is 57.0 Å². The normalized spacial score (nSPS) is 13.9. The highest BCUT2D eigenvalue weighted by atomic mass is 35.5. The molecule has 0 aliphatic rings. The van der Waals surface area contributed by atoms with Gasteiger partial charge in [-0.2, -0.15) is 13.2 Å². The molecule has 39 heavy (non-hydrogen) atoms. The molecular weight excluding hydrogens is 568 g/mol. The van der Waals surface area contributed by atoms with Crippen LogP contribution in [0.2, 0.25) is 5.02 Å². The molecule has 2 aromatic heterocycles. The first-order valence-corrected chi connectivity index (χ1v) is 12.8. The molecule has 3 N–H and O–H groups in total. The van der Waals surface area contributed by atoms with Crippen LogP contribution in [0.4, 0.5) is 17.6 Å². The monoisotopic (exact) mass is 590 g/mol. The van der Waals surface area contributed by atoms with Gasteiger partial charge in [-0.3, -0.25) is 14.4 Å². The minimum atomic E-state index is -4.58. The van der Waals surface area contributed by atoms with Crippen molar-refractivity contribution >= 4 is 40.5 Å². The van der Waals surface area contributed by atoms with Gasteiger partial charge in [-0.1, -0.05) is 11.6 Å². The summed E-state index contributed by atoms with van der Waals surface area (Å²) in [5, 5.41) is 15.8. The molecule has 2 amide bonds. The van der Waals surface area contributed by atoms with Crippen molar-refractivity contribution < 1.29 is 41.5 Å². The first kappa shape index (κ1) is 30.2. The number of carbonyl (C=O) groups is 3. The summed E-state index contributed by atoms with van der Waals surface area (Å²) in [5.41, 5.74) is 0.149. The zero-order valence-electron chi connectivity index (χ0n) is 20.3. The smallest absolute Gasteiger partial charge is 0.389 e. The van der Waals surface area contributed by atoms with Gasteiger partial charge in [0.25, 0.3) is 5.91 Å². The summed E-state index contributed by atoms with van der Waals surface area (Å²) in [6, 6.07) is 0.581. The van der Waals surface area contributed by atoms with Gasteiger partial charge in [-0.05, 0) is 44.4 Å². The second kappa shape index (κ2) is 13.1. The van der Waals surface area contributed by atoms with Gasteiger partial charge in [-0.15, -0.1) is 11.3 Å². The summed E-state index contributed by atoms with van der Waals surface area (Å²) >= 11 is 6.74. The van der Waals surface area contributed by atoms with Crippen LogP contribution in [0.5, 0.6) is 0 Å². The highest BCUT2D eigenvalue weighted by molar-refractivity contribution is 7.11. The van der Waals surface area contributed by atoms with E-state index in [1.807, 2.05) is 0 Å². The number of oxazole rings is 1. The van der Waals surface area contributed by atoms with Crippen molar-refractivity contribution in [2.45, 2.75) is 57.0 Å². The first-order valence-electron chi connectivity index (χ1n) is 11.5.